The third-order valence-electron chi connectivity index (χ3n) is 3.28. The molecule has 3 rings (SSSR count). The zero-order chi connectivity index (χ0) is 13.2. The lowest BCUT2D eigenvalue weighted by Crippen LogP contribution is -2.11. The van der Waals surface area contributed by atoms with Crippen LogP contribution in [0.1, 0.15) is 29.0 Å². The van der Waals surface area contributed by atoms with E-state index in [9.17, 15) is 0 Å². The van der Waals surface area contributed by atoms with Crippen LogP contribution in [-0.2, 0) is 12.8 Å². The van der Waals surface area contributed by atoms with Gasteiger partial charge in [-0.05, 0) is 37.8 Å². The molecule has 0 spiro atoms. The maximum absolute atomic E-state index is 5.74. The van der Waals surface area contributed by atoms with Gasteiger partial charge in [0.15, 0.2) is 5.13 Å². The Morgan fingerprint density at radius 1 is 1.26 bits per heavy atom. The number of benzene rings is 1. The first-order valence-corrected chi connectivity index (χ1v) is 7.61. The number of hydrogen-bond acceptors (Lipinski definition) is 4. The standard InChI is InChI=1S/C14H15N3S2/c15-13(18)9-5-1-2-6-10(9)16-14-17-11-7-3-4-8-12(11)19-14/h1-2,5-6H,3-4,7-8H2,(H2,15,18)(H,16,17). The highest BCUT2D eigenvalue weighted by atomic mass is 32.1. The molecule has 0 fully saturated rings. The first-order valence-electron chi connectivity index (χ1n) is 6.38. The molecular weight excluding hydrogens is 274 g/mol. The Bertz CT molecular complexity index is 595. The highest BCUT2D eigenvalue weighted by Crippen LogP contribution is 2.31. The van der Waals surface area contributed by atoms with E-state index < -0.39 is 0 Å². The van der Waals surface area contributed by atoms with Gasteiger partial charge in [0.05, 0.1) is 11.4 Å². The summed E-state index contributed by atoms with van der Waals surface area (Å²) >= 11 is 6.82. The first-order chi connectivity index (χ1) is 9.24. The van der Waals surface area contributed by atoms with Crippen LogP contribution in [0.25, 0.3) is 0 Å². The molecule has 0 amide bonds. The Morgan fingerprint density at radius 2 is 2.05 bits per heavy atom. The fourth-order valence-corrected chi connectivity index (χ4v) is 3.57. The summed E-state index contributed by atoms with van der Waals surface area (Å²) in [6.07, 6.45) is 4.79. The van der Waals surface area contributed by atoms with Gasteiger partial charge in [0.1, 0.15) is 4.99 Å². The van der Waals surface area contributed by atoms with Gasteiger partial charge in [-0.3, -0.25) is 0 Å². The number of hydrogen-bond donors (Lipinski definition) is 2. The minimum absolute atomic E-state index is 0.407. The van der Waals surface area contributed by atoms with Crippen LogP contribution in [0.15, 0.2) is 24.3 Å². The molecular formula is C14H15N3S2. The number of rotatable bonds is 3. The Hall–Kier alpha value is -1.46. The molecule has 0 bridgehead atoms. The van der Waals surface area contributed by atoms with E-state index in [1.54, 1.807) is 11.3 Å². The van der Waals surface area contributed by atoms with E-state index in [1.807, 2.05) is 24.3 Å². The Labute approximate surface area is 121 Å². The van der Waals surface area contributed by atoms with Crippen LogP contribution in [0.2, 0.25) is 0 Å². The van der Waals surface area contributed by atoms with Crippen LogP contribution in [0.5, 0.6) is 0 Å². The molecule has 0 radical (unpaired) electrons. The van der Waals surface area contributed by atoms with Crippen molar-refractivity contribution in [3.05, 3.63) is 40.4 Å². The predicted octanol–water partition coefficient (Wildman–Crippen LogP) is 3.40. The molecule has 0 saturated heterocycles. The van der Waals surface area contributed by atoms with Crippen molar-refractivity contribution in [1.82, 2.24) is 4.98 Å². The predicted molar refractivity (Wildman–Crippen MR) is 84.4 cm³/mol. The molecule has 1 aliphatic carbocycles. The minimum Gasteiger partial charge on any atom is -0.389 e. The third-order valence-corrected chi connectivity index (χ3v) is 4.57. The molecule has 0 atom stereocenters. The lowest BCUT2D eigenvalue weighted by atomic mass is 10.0. The first kappa shape index (κ1) is 12.6. The van der Waals surface area contributed by atoms with Gasteiger partial charge in [-0.1, -0.05) is 24.4 Å². The summed E-state index contributed by atoms with van der Waals surface area (Å²) in [4.78, 5) is 6.49. The fourth-order valence-electron chi connectivity index (χ4n) is 2.33. The molecule has 1 aliphatic rings. The molecule has 98 valence electrons. The number of anilines is 2. The van der Waals surface area contributed by atoms with Gasteiger partial charge in [-0.2, -0.15) is 0 Å². The summed E-state index contributed by atoms with van der Waals surface area (Å²) in [7, 11) is 0. The van der Waals surface area contributed by atoms with Crippen molar-refractivity contribution in [2.24, 2.45) is 5.73 Å². The number of thiazole rings is 1. The number of thiocarbonyl (C=S) groups is 1. The van der Waals surface area contributed by atoms with Gasteiger partial charge in [0.25, 0.3) is 0 Å². The molecule has 1 aromatic carbocycles. The van der Waals surface area contributed by atoms with Gasteiger partial charge in [-0.15, -0.1) is 11.3 Å². The summed E-state index contributed by atoms with van der Waals surface area (Å²) in [5.74, 6) is 0. The van der Waals surface area contributed by atoms with Crippen molar-refractivity contribution in [2.45, 2.75) is 25.7 Å². The van der Waals surface area contributed by atoms with Gasteiger partial charge >= 0.3 is 0 Å². The van der Waals surface area contributed by atoms with Crippen molar-refractivity contribution in [2.75, 3.05) is 5.32 Å². The maximum Gasteiger partial charge on any atom is 0.187 e. The van der Waals surface area contributed by atoms with Crippen LogP contribution in [0.4, 0.5) is 10.8 Å². The summed E-state index contributed by atoms with van der Waals surface area (Å²) in [5, 5.41) is 4.29. The molecule has 0 unspecified atom stereocenters. The Morgan fingerprint density at radius 3 is 2.84 bits per heavy atom. The second-order valence-electron chi connectivity index (χ2n) is 4.63. The molecule has 19 heavy (non-hydrogen) atoms. The average Bonchev–Trinajstić information content (AvgIpc) is 2.81. The quantitative estimate of drug-likeness (QED) is 0.850. The SMILES string of the molecule is NC(=S)c1ccccc1Nc1nc2c(s1)CCCC2. The van der Waals surface area contributed by atoms with Crippen molar-refractivity contribution in [3.63, 3.8) is 0 Å². The summed E-state index contributed by atoms with van der Waals surface area (Å²) < 4.78 is 0. The number of para-hydroxylation sites is 1. The maximum atomic E-state index is 5.74. The third kappa shape index (κ3) is 2.62. The largest absolute Gasteiger partial charge is 0.389 e. The van der Waals surface area contributed by atoms with E-state index in [-0.39, 0.29) is 0 Å². The molecule has 1 aromatic heterocycles. The van der Waals surface area contributed by atoms with Gasteiger partial charge < -0.3 is 11.1 Å². The normalized spacial score (nSPS) is 13.9. The van der Waals surface area contributed by atoms with Crippen LogP contribution >= 0.6 is 23.6 Å². The average molecular weight is 289 g/mol. The number of fused-ring (bicyclic) bond motifs is 1. The van der Waals surface area contributed by atoms with Crippen molar-refractivity contribution in [3.8, 4) is 0 Å². The minimum atomic E-state index is 0.407. The van der Waals surface area contributed by atoms with E-state index in [1.165, 1.54) is 23.4 Å². The Kier molecular flexibility index (Phi) is 3.48. The summed E-state index contributed by atoms with van der Waals surface area (Å²) in [5.41, 5.74) is 8.79. The monoisotopic (exact) mass is 289 g/mol. The van der Waals surface area contributed by atoms with E-state index in [4.69, 9.17) is 18.0 Å². The fraction of sp³-hybridized carbons (Fsp3) is 0.286. The number of nitrogens with two attached hydrogens (primary N) is 1. The number of aromatic nitrogens is 1. The zero-order valence-corrected chi connectivity index (χ0v) is 12.1. The Balaban J connectivity index is 1.89. The highest BCUT2D eigenvalue weighted by Gasteiger charge is 2.15. The molecule has 5 heteroatoms. The van der Waals surface area contributed by atoms with Crippen molar-refractivity contribution >= 4 is 39.4 Å². The molecule has 2 aromatic rings. The van der Waals surface area contributed by atoms with Crippen molar-refractivity contribution in [1.29, 1.82) is 0 Å². The lowest BCUT2D eigenvalue weighted by Gasteiger charge is -2.08. The van der Waals surface area contributed by atoms with E-state index in [2.05, 4.69) is 10.3 Å². The topological polar surface area (TPSA) is 50.9 Å². The lowest BCUT2D eigenvalue weighted by molar-refractivity contribution is 0.683. The van der Waals surface area contributed by atoms with E-state index in [0.29, 0.717) is 4.99 Å². The number of nitrogens with one attached hydrogen (secondary N) is 1. The molecule has 1 heterocycles. The highest BCUT2D eigenvalue weighted by molar-refractivity contribution is 7.80. The smallest absolute Gasteiger partial charge is 0.187 e. The second kappa shape index (κ2) is 5.27. The second-order valence-corrected chi connectivity index (χ2v) is 6.15. The van der Waals surface area contributed by atoms with Crippen LogP contribution in [0, 0.1) is 0 Å². The van der Waals surface area contributed by atoms with Gasteiger partial charge in [0.2, 0.25) is 0 Å². The van der Waals surface area contributed by atoms with E-state index in [0.717, 1.165) is 29.2 Å². The molecule has 3 N–H and O–H groups in total. The molecule has 0 saturated carbocycles. The van der Waals surface area contributed by atoms with Gasteiger partial charge in [-0.25, -0.2) is 4.98 Å². The molecule has 0 aliphatic heterocycles. The number of aryl methyl sites for hydroxylation is 2. The van der Waals surface area contributed by atoms with Gasteiger partial charge in [0, 0.05) is 10.4 Å². The summed E-state index contributed by atoms with van der Waals surface area (Å²) in [6.45, 7) is 0. The van der Waals surface area contributed by atoms with Crippen molar-refractivity contribution < 1.29 is 0 Å². The zero-order valence-electron chi connectivity index (χ0n) is 10.5. The molecule has 3 nitrogen and oxygen atoms in total. The van der Waals surface area contributed by atoms with E-state index >= 15 is 0 Å². The van der Waals surface area contributed by atoms with Crippen LogP contribution in [0.3, 0.4) is 0 Å². The van der Waals surface area contributed by atoms with Crippen LogP contribution < -0.4 is 11.1 Å². The summed E-state index contributed by atoms with van der Waals surface area (Å²) in [6, 6.07) is 7.82. The van der Waals surface area contributed by atoms with Crippen LogP contribution in [-0.4, -0.2) is 9.97 Å². The number of nitrogens with zero attached hydrogens (tertiary/aromatic N) is 1.